The van der Waals surface area contributed by atoms with Crippen molar-refractivity contribution in [3.05, 3.63) is 17.5 Å². The Balaban J connectivity index is 1.87. The molecule has 2 aliphatic heterocycles. The molecule has 1 fully saturated rings. The van der Waals surface area contributed by atoms with E-state index >= 15 is 0 Å². The maximum Gasteiger partial charge on any atom is 0.0570 e. The molecule has 0 radical (unpaired) electrons. The van der Waals surface area contributed by atoms with E-state index in [0.29, 0.717) is 6.04 Å². The minimum absolute atomic E-state index is 0.433. The van der Waals surface area contributed by atoms with E-state index in [1.54, 1.807) is 0 Å². The Morgan fingerprint density at radius 1 is 1.27 bits per heavy atom. The Hall–Kier alpha value is -0.910. The van der Waals surface area contributed by atoms with Gasteiger partial charge >= 0.3 is 0 Å². The SMILES string of the molecule is c1nn2c(c1C1CNCCN1)CNCC2. The zero-order chi connectivity index (χ0) is 10.1. The van der Waals surface area contributed by atoms with E-state index in [9.17, 15) is 0 Å². The number of nitrogens with one attached hydrogen (secondary N) is 3. The van der Waals surface area contributed by atoms with Gasteiger partial charge in [-0.3, -0.25) is 4.68 Å². The Morgan fingerprint density at radius 2 is 2.27 bits per heavy atom. The van der Waals surface area contributed by atoms with E-state index < -0.39 is 0 Å². The maximum absolute atomic E-state index is 4.44. The van der Waals surface area contributed by atoms with E-state index in [1.807, 2.05) is 6.20 Å². The lowest BCUT2D eigenvalue weighted by atomic mass is 10.1. The summed E-state index contributed by atoms with van der Waals surface area (Å²) in [5.41, 5.74) is 2.71. The quantitative estimate of drug-likeness (QED) is 0.565. The Bertz CT molecular complexity index is 340. The van der Waals surface area contributed by atoms with Crippen molar-refractivity contribution in [3.8, 4) is 0 Å². The van der Waals surface area contributed by atoms with Crippen molar-refractivity contribution in [2.75, 3.05) is 26.2 Å². The summed E-state index contributed by atoms with van der Waals surface area (Å²) in [4.78, 5) is 0. The molecule has 0 saturated carbocycles. The smallest absolute Gasteiger partial charge is 0.0570 e. The summed E-state index contributed by atoms with van der Waals surface area (Å²) in [5, 5.41) is 14.8. The molecule has 82 valence electrons. The molecule has 0 aliphatic carbocycles. The first-order valence-corrected chi connectivity index (χ1v) is 5.64. The lowest BCUT2D eigenvalue weighted by Crippen LogP contribution is -2.43. The number of fused-ring (bicyclic) bond motifs is 1. The monoisotopic (exact) mass is 207 g/mol. The van der Waals surface area contributed by atoms with Crippen LogP contribution >= 0.6 is 0 Å². The second kappa shape index (κ2) is 3.92. The normalized spacial score (nSPS) is 26.3. The van der Waals surface area contributed by atoms with Crippen LogP contribution in [0.3, 0.4) is 0 Å². The van der Waals surface area contributed by atoms with E-state index in [-0.39, 0.29) is 0 Å². The third-order valence-electron chi connectivity index (χ3n) is 3.19. The molecule has 5 nitrogen and oxygen atoms in total. The molecule has 1 aromatic heterocycles. The van der Waals surface area contributed by atoms with Crippen LogP contribution in [0, 0.1) is 0 Å². The summed E-state index contributed by atoms with van der Waals surface area (Å²) < 4.78 is 2.13. The van der Waals surface area contributed by atoms with Gasteiger partial charge in [0.1, 0.15) is 0 Å². The number of aromatic nitrogens is 2. The number of hydrogen-bond donors (Lipinski definition) is 3. The average Bonchev–Trinajstić information content (AvgIpc) is 2.74. The first-order valence-electron chi connectivity index (χ1n) is 5.64. The molecular weight excluding hydrogens is 190 g/mol. The molecule has 3 heterocycles. The third-order valence-corrected chi connectivity index (χ3v) is 3.19. The molecule has 5 heteroatoms. The van der Waals surface area contributed by atoms with Crippen LogP contribution in [0.15, 0.2) is 6.20 Å². The van der Waals surface area contributed by atoms with Crippen LogP contribution in [-0.2, 0) is 13.1 Å². The van der Waals surface area contributed by atoms with Crippen LogP contribution in [-0.4, -0.2) is 36.0 Å². The molecular formula is C10H17N5. The van der Waals surface area contributed by atoms with Crippen molar-refractivity contribution >= 4 is 0 Å². The summed E-state index contributed by atoms with van der Waals surface area (Å²) >= 11 is 0. The van der Waals surface area contributed by atoms with Crippen molar-refractivity contribution in [2.24, 2.45) is 0 Å². The Morgan fingerprint density at radius 3 is 3.13 bits per heavy atom. The van der Waals surface area contributed by atoms with E-state index in [1.165, 1.54) is 11.3 Å². The molecule has 1 atom stereocenters. The predicted octanol–water partition coefficient (Wildman–Crippen LogP) is -0.780. The van der Waals surface area contributed by atoms with Gasteiger partial charge in [0.05, 0.1) is 18.4 Å². The highest BCUT2D eigenvalue weighted by Gasteiger charge is 2.22. The van der Waals surface area contributed by atoms with Crippen LogP contribution in [0.1, 0.15) is 17.3 Å². The van der Waals surface area contributed by atoms with Crippen molar-refractivity contribution in [1.29, 1.82) is 0 Å². The van der Waals surface area contributed by atoms with Gasteiger partial charge in [-0.1, -0.05) is 0 Å². The lowest BCUT2D eigenvalue weighted by Gasteiger charge is -2.26. The minimum Gasteiger partial charge on any atom is -0.314 e. The standard InChI is InChI=1S/C10H17N5/c1-2-13-9(6-11-1)8-5-14-15-4-3-12-7-10(8)15/h5,9,11-13H,1-4,6-7H2. The highest BCUT2D eigenvalue weighted by molar-refractivity contribution is 5.24. The molecule has 1 aromatic rings. The van der Waals surface area contributed by atoms with E-state index in [0.717, 1.165) is 39.3 Å². The third kappa shape index (κ3) is 1.67. The number of hydrogen-bond acceptors (Lipinski definition) is 4. The van der Waals surface area contributed by atoms with Crippen LogP contribution in [0.5, 0.6) is 0 Å². The van der Waals surface area contributed by atoms with E-state index in [2.05, 4.69) is 25.7 Å². The molecule has 1 unspecified atom stereocenters. The van der Waals surface area contributed by atoms with Crippen molar-refractivity contribution in [2.45, 2.75) is 19.1 Å². The summed E-state index contributed by atoms with van der Waals surface area (Å²) in [6, 6.07) is 0.433. The second-order valence-corrected chi connectivity index (χ2v) is 4.16. The first-order chi connectivity index (χ1) is 7.45. The molecule has 15 heavy (non-hydrogen) atoms. The molecule has 0 spiro atoms. The van der Waals surface area contributed by atoms with Crippen LogP contribution in [0.4, 0.5) is 0 Å². The molecule has 0 bridgehead atoms. The largest absolute Gasteiger partial charge is 0.314 e. The first kappa shape index (κ1) is 9.33. The molecule has 2 aliphatic rings. The fourth-order valence-electron chi connectivity index (χ4n) is 2.37. The molecule has 1 saturated heterocycles. The van der Waals surface area contributed by atoms with Gasteiger partial charge in [0, 0.05) is 44.3 Å². The van der Waals surface area contributed by atoms with Crippen LogP contribution in [0.25, 0.3) is 0 Å². The van der Waals surface area contributed by atoms with Crippen LogP contribution < -0.4 is 16.0 Å². The van der Waals surface area contributed by atoms with Gasteiger partial charge in [0.25, 0.3) is 0 Å². The molecule has 3 rings (SSSR count). The zero-order valence-electron chi connectivity index (χ0n) is 8.79. The molecule has 0 amide bonds. The highest BCUT2D eigenvalue weighted by atomic mass is 15.3. The summed E-state index contributed by atoms with van der Waals surface area (Å²) in [6.07, 6.45) is 2.02. The second-order valence-electron chi connectivity index (χ2n) is 4.16. The maximum atomic E-state index is 4.44. The highest BCUT2D eigenvalue weighted by Crippen LogP contribution is 2.19. The van der Waals surface area contributed by atoms with Crippen molar-refractivity contribution < 1.29 is 0 Å². The van der Waals surface area contributed by atoms with Crippen molar-refractivity contribution in [3.63, 3.8) is 0 Å². The Labute approximate surface area is 89.2 Å². The fraction of sp³-hybridized carbons (Fsp3) is 0.700. The predicted molar refractivity (Wildman–Crippen MR) is 57.5 cm³/mol. The van der Waals surface area contributed by atoms with Gasteiger partial charge < -0.3 is 16.0 Å². The van der Waals surface area contributed by atoms with Gasteiger partial charge in [-0.25, -0.2) is 0 Å². The molecule has 0 aromatic carbocycles. The number of nitrogens with zero attached hydrogens (tertiary/aromatic N) is 2. The lowest BCUT2D eigenvalue weighted by molar-refractivity contribution is 0.419. The van der Waals surface area contributed by atoms with Gasteiger partial charge in [0.15, 0.2) is 0 Å². The summed E-state index contributed by atoms with van der Waals surface area (Å²) in [7, 11) is 0. The van der Waals surface area contributed by atoms with Gasteiger partial charge in [0.2, 0.25) is 0 Å². The number of piperazine rings is 1. The molecule has 3 N–H and O–H groups in total. The summed E-state index contributed by atoms with van der Waals surface area (Å²) in [6.45, 7) is 6.10. The van der Waals surface area contributed by atoms with Crippen molar-refractivity contribution in [1.82, 2.24) is 25.7 Å². The minimum atomic E-state index is 0.433. The van der Waals surface area contributed by atoms with Gasteiger partial charge in [-0.15, -0.1) is 0 Å². The zero-order valence-corrected chi connectivity index (χ0v) is 8.79. The van der Waals surface area contributed by atoms with Gasteiger partial charge in [-0.05, 0) is 0 Å². The Kier molecular flexibility index (Phi) is 2.44. The van der Waals surface area contributed by atoms with Gasteiger partial charge in [-0.2, -0.15) is 5.10 Å². The topological polar surface area (TPSA) is 53.9 Å². The van der Waals surface area contributed by atoms with Crippen LogP contribution in [0.2, 0.25) is 0 Å². The summed E-state index contributed by atoms with van der Waals surface area (Å²) in [5.74, 6) is 0. The average molecular weight is 207 g/mol. The fourth-order valence-corrected chi connectivity index (χ4v) is 2.37. The van der Waals surface area contributed by atoms with E-state index in [4.69, 9.17) is 0 Å². The number of rotatable bonds is 1.